The monoisotopic (exact) mass is 427 g/mol. The van der Waals surface area contributed by atoms with E-state index in [2.05, 4.69) is 48.5 Å². The van der Waals surface area contributed by atoms with Gasteiger partial charge in [0.15, 0.2) is 0 Å². The highest BCUT2D eigenvalue weighted by Gasteiger charge is 2.42. The maximum atomic E-state index is 12.3. The second-order valence-electron chi connectivity index (χ2n) is 9.97. The van der Waals surface area contributed by atoms with E-state index in [0.717, 1.165) is 19.3 Å². The Hall–Kier alpha value is 0.00494. The lowest BCUT2D eigenvalue weighted by Crippen LogP contribution is -2.25. The van der Waals surface area contributed by atoms with Gasteiger partial charge in [-0.25, -0.2) is 0 Å². The first-order valence-corrected chi connectivity index (χ1v) is 12.5. The van der Waals surface area contributed by atoms with Crippen molar-refractivity contribution in [2.24, 2.45) is 35.5 Å². The Balaban J connectivity index is 1.75. The van der Waals surface area contributed by atoms with E-state index in [1.807, 2.05) is 0 Å². The Morgan fingerprint density at radius 2 is 1.55 bits per heavy atom. The van der Waals surface area contributed by atoms with Gasteiger partial charge in [0.1, 0.15) is 21.1 Å². The van der Waals surface area contributed by atoms with Crippen molar-refractivity contribution in [2.75, 3.05) is 13.2 Å². The molecule has 0 aliphatic carbocycles. The first kappa shape index (κ1) is 25.3. The molecule has 2 radical (unpaired) electrons. The lowest BCUT2D eigenvalue weighted by atomic mass is 9.80. The summed E-state index contributed by atoms with van der Waals surface area (Å²) in [6.07, 6.45) is 3.31. The molecule has 2 heterocycles. The minimum atomic E-state index is -2.14. The van der Waals surface area contributed by atoms with Crippen molar-refractivity contribution in [2.45, 2.75) is 92.0 Å². The normalized spacial score (nSPS) is 38.3. The van der Waals surface area contributed by atoms with E-state index in [1.54, 1.807) is 0 Å². The Kier molecular flexibility index (Phi) is 10.1. The molecule has 166 valence electrons. The Morgan fingerprint density at radius 1 is 0.897 bits per heavy atom. The molecule has 29 heavy (non-hydrogen) atoms. The van der Waals surface area contributed by atoms with Gasteiger partial charge in [0.2, 0.25) is 0 Å². The zero-order valence-electron chi connectivity index (χ0n) is 19.4. The molecule has 0 N–H and O–H groups in total. The largest absolute Gasteiger partial charge is 0.697 e. The zero-order chi connectivity index (χ0) is 21.7. The Morgan fingerprint density at radius 3 is 2.17 bits per heavy atom. The average molecular weight is 427 g/mol. The van der Waals surface area contributed by atoms with Crippen LogP contribution in [0.25, 0.3) is 0 Å². The number of ether oxygens (including phenoxy) is 2. The van der Waals surface area contributed by atoms with Crippen molar-refractivity contribution in [3.63, 3.8) is 0 Å². The fraction of sp³-hybridized carbons (Fsp3) is 1.00. The molecule has 0 aromatic carbocycles. The molecule has 0 spiro atoms. The van der Waals surface area contributed by atoms with Gasteiger partial charge in [0.25, 0.3) is 0 Å². The van der Waals surface area contributed by atoms with Gasteiger partial charge in [0.05, 0.1) is 18.3 Å². The SMILES string of the molecule is [B][C@@H]1O[C@H](CC(C)C)C(CO[P+](=O)OCC[C@H]2O[C@@H](C)[C@@H](C)C2CC(C)C)[C@@H]1C. The van der Waals surface area contributed by atoms with Gasteiger partial charge >= 0.3 is 8.25 Å². The predicted octanol–water partition coefficient (Wildman–Crippen LogP) is 5.34. The predicted molar refractivity (Wildman–Crippen MR) is 117 cm³/mol. The molecule has 0 bridgehead atoms. The molecule has 0 aromatic heterocycles. The van der Waals surface area contributed by atoms with Crippen molar-refractivity contribution in [1.82, 2.24) is 0 Å². The third-order valence-electron chi connectivity index (χ3n) is 6.70. The van der Waals surface area contributed by atoms with E-state index >= 15 is 0 Å². The summed E-state index contributed by atoms with van der Waals surface area (Å²) < 4.78 is 35.4. The molecule has 2 saturated heterocycles. The van der Waals surface area contributed by atoms with Crippen molar-refractivity contribution >= 4 is 16.1 Å². The second-order valence-corrected chi connectivity index (χ2v) is 10.9. The summed E-state index contributed by atoms with van der Waals surface area (Å²) >= 11 is 0. The first-order valence-electron chi connectivity index (χ1n) is 11.4. The number of hydrogen-bond acceptors (Lipinski definition) is 5. The highest BCUT2D eigenvalue weighted by molar-refractivity contribution is 7.33. The molecule has 5 nitrogen and oxygen atoms in total. The van der Waals surface area contributed by atoms with Crippen molar-refractivity contribution < 1.29 is 23.1 Å². The summed E-state index contributed by atoms with van der Waals surface area (Å²) in [7, 11) is 3.92. The Labute approximate surface area is 180 Å². The van der Waals surface area contributed by atoms with Crippen molar-refractivity contribution in [1.29, 1.82) is 0 Å². The molecule has 2 aliphatic heterocycles. The van der Waals surface area contributed by atoms with Gasteiger partial charge in [-0.3, -0.25) is 0 Å². The van der Waals surface area contributed by atoms with Crippen LogP contribution >= 0.6 is 8.25 Å². The first-order chi connectivity index (χ1) is 13.6. The lowest BCUT2D eigenvalue weighted by molar-refractivity contribution is 0.0234. The van der Waals surface area contributed by atoms with E-state index in [0.29, 0.717) is 36.9 Å². The summed E-state index contributed by atoms with van der Waals surface area (Å²) in [4.78, 5) is 0. The molecule has 2 aliphatic rings. The lowest BCUT2D eigenvalue weighted by Gasteiger charge is -2.22. The number of rotatable bonds is 11. The summed E-state index contributed by atoms with van der Waals surface area (Å²) in [6.45, 7) is 16.1. The van der Waals surface area contributed by atoms with Gasteiger partial charge in [0, 0.05) is 22.9 Å². The molecular weight excluding hydrogens is 386 g/mol. The van der Waals surface area contributed by atoms with Crippen LogP contribution in [0.1, 0.15) is 67.7 Å². The highest BCUT2D eigenvalue weighted by atomic mass is 31.1. The van der Waals surface area contributed by atoms with Crippen LogP contribution in [0.4, 0.5) is 0 Å². The van der Waals surface area contributed by atoms with Gasteiger partial charge in [-0.1, -0.05) is 41.5 Å². The third-order valence-corrected chi connectivity index (χ3v) is 7.46. The van der Waals surface area contributed by atoms with Crippen LogP contribution in [0.2, 0.25) is 0 Å². The van der Waals surface area contributed by atoms with Crippen LogP contribution in [0.3, 0.4) is 0 Å². The van der Waals surface area contributed by atoms with E-state index in [9.17, 15) is 4.57 Å². The molecule has 0 saturated carbocycles. The van der Waals surface area contributed by atoms with E-state index in [1.165, 1.54) is 0 Å². The van der Waals surface area contributed by atoms with E-state index < -0.39 is 8.25 Å². The molecule has 0 amide bonds. The van der Waals surface area contributed by atoms with Gasteiger partial charge in [-0.15, -0.1) is 9.05 Å². The van der Waals surface area contributed by atoms with Crippen molar-refractivity contribution in [3.8, 4) is 0 Å². The second kappa shape index (κ2) is 11.6. The Bertz CT molecular complexity index is 515. The number of hydrogen-bond donors (Lipinski definition) is 0. The molecule has 2 rings (SSSR count). The van der Waals surface area contributed by atoms with Crippen LogP contribution in [0.5, 0.6) is 0 Å². The summed E-state index contributed by atoms with van der Waals surface area (Å²) in [6, 6.07) is -0.285. The topological polar surface area (TPSA) is 54.0 Å². The maximum absolute atomic E-state index is 12.3. The molecule has 9 atom stereocenters. The summed E-state index contributed by atoms with van der Waals surface area (Å²) in [5.41, 5.74) is 0. The molecule has 3 unspecified atom stereocenters. The summed E-state index contributed by atoms with van der Waals surface area (Å²) in [5.74, 6) is 2.54. The minimum absolute atomic E-state index is 0.0510. The van der Waals surface area contributed by atoms with Crippen LogP contribution in [-0.4, -0.2) is 45.4 Å². The third kappa shape index (κ3) is 7.28. The molecular formula is C22H41BO5P+. The minimum Gasteiger partial charge on any atom is -0.384 e. The van der Waals surface area contributed by atoms with Crippen LogP contribution in [-0.2, 0) is 23.1 Å². The standard InChI is InChI=1S/C22H41BO5P/c1-13(2)10-18-15(5)17(7)27-20(18)8-9-25-29(24)26-12-19-16(6)22(23)28-21(19)11-14(3)4/h13-22H,8-12H2,1-7H3/q+1/t15-,16+,17+,18?,19?,20-,21-,22-/m1/s1. The van der Waals surface area contributed by atoms with Crippen LogP contribution < -0.4 is 0 Å². The highest BCUT2D eigenvalue weighted by Crippen LogP contribution is 2.40. The quantitative estimate of drug-likeness (QED) is 0.329. The van der Waals surface area contributed by atoms with Gasteiger partial charge in [-0.2, -0.15) is 0 Å². The van der Waals surface area contributed by atoms with Crippen LogP contribution in [0.15, 0.2) is 0 Å². The average Bonchev–Trinajstić information content (AvgIpc) is 3.03. The zero-order valence-corrected chi connectivity index (χ0v) is 20.3. The fourth-order valence-electron chi connectivity index (χ4n) is 4.77. The molecule has 2 fully saturated rings. The van der Waals surface area contributed by atoms with Crippen LogP contribution in [0, 0.1) is 35.5 Å². The fourth-order valence-corrected chi connectivity index (χ4v) is 5.39. The van der Waals surface area contributed by atoms with Gasteiger partial charge in [-0.05, 0) is 49.4 Å². The van der Waals surface area contributed by atoms with Gasteiger partial charge < -0.3 is 9.47 Å². The molecule has 7 heteroatoms. The van der Waals surface area contributed by atoms with E-state index in [4.69, 9.17) is 26.4 Å². The van der Waals surface area contributed by atoms with E-state index in [-0.39, 0.29) is 36.2 Å². The summed E-state index contributed by atoms with van der Waals surface area (Å²) in [5, 5.41) is 0. The maximum Gasteiger partial charge on any atom is 0.697 e. The van der Waals surface area contributed by atoms with Crippen molar-refractivity contribution in [3.05, 3.63) is 0 Å². The molecule has 0 aromatic rings. The smallest absolute Gasteiger partial charge is 0.384 e.